The van der Waals surface area contributed by atoms with Crippen molar-refractivity contribution in [3.63, 3.8) is 0 Å². The van der Waals surface area contributed by atoms with Gasteiger partial charge in [0.15, 0.2) is 6.19 Å². The predicted octanol–water partition coefficient (Wildman–Crippen LogP) is 0.409. The molecular formula is C9H15N3O. The Morgan fingerprint density at radius 3 is 2.69 bits per heavy atom. The highest BCUT2D eigenvalue weighted by atomic mass is 16.2. The van der Waals surface area contributed by atoms with Crippen molar-refractivity contribution in [3.05, 3.63) is 0 Å². The fourth-order valence-electron chi connectivity index (χ4n) is 1.63. The number of nitrogens with zero attached hydrogens (tertiary/aromatic N) is 3. The van der Waals surface area contributed by atoms with E-state index in [0.717, 1.165) is 13.0 Å². The Balaban J connectivity index is 2.67. The normalized spacial score (nSPS) is 22.2. The van der Waals surface area contributed by atoms with Gasteiger partial charge in [0.1, 0.15) is 6.04 Å². The van der Waals surface area contributed by atoms with Gasteiger partial charge in [0, 0.05) is 19.6 Å². The molecule has 0 aliphatic carbocycles. The van der Waals surface area contributed by atoms with E-state index in [1.165, 1.54) is 4.90 Å². The van der Waals surface area contributed by atoms with Crippen LogP contribution in [0.25, 0.3) is 0 Å². The van der Waals surface area contributed by atoms with Crippen molar-refractivity contribution in [1.29, 1.82) is 5.26 Å². The average Bonchev–Trinajstić information content (AvgIpc) is 2.46. The molecule has 72 valence electrons. The Bertz CT molecular complexity index is 244. The second-order valence-corrected chi connectivity index (χ2v) is 3.64. The van der Waals surface area contributed by atoms with Crippen molar-refractivity contribution in [2.24, 2.45) is 0 Å². The van der Waals surface area contributed by atoms with E-state index in [2.05, 4.69) is 0 Å². The van der Waals surface area contributed by atoms with Gasteiger partial charge >= 0.3 is 0 Å². The van der Waals surface area contributed by atoms with Crippen molar-refractivity contribution < 1.29 is 4.79 Å². The third-order valence-electron chi connectivity index (χ3n) is 2.46. The number of hydrogen-bond acceptors (Lipinski definition) is 3. The van der Waals surface area contributed by atoms with Gasteiger partial charge in [-0.2, -0.15) is 5.26 Å². The molecule has 1 atom stereocenters. The average molecular weight is 181 g/mol. The minimum absolute atomic E-state index is 0.0825. The third-order valence-corrected chi connectivity index (χ3v) is 2.46. The molecule has 4 nitrogen and oxygen atoms in total. The van der Waals surface area contributed by atoms with Crippen LogP contribution < -0.4 is 0 Å². The van der Waals surface area contributed by atoms with Gasteiger partial charge in [-0.15, -0.1) is 0 Å². The van der Waals surface area contributed by atoms with Crippen molar-refractivity contribution in [1.82, 2.24) is 9.80 Å². The summed E-state index contributed by atoms with van der Waals surface area (Å²) < 4.78 is 0. The highest BCUT2D eigenvalue weighted by molar-refractivity contribution is 5.84. The summed E-state index contributed by atoms with van der Waals surface area (Å²) in [7, 11) is 1.66. The SMILES string of the molecule is CC(C)N1CCC(N(C)C#N)C1=O. The molecule has 1 aliphatic heterocycles. The molecule has 0 radical (unpaired) electrons. The topological polar surface area (TPSA) is 47.3 Å². The van der Waals surface area contributed by atoms with Gasteiger partial charge in [0.05, 0.1) is 0 Å². The van der Waals surface area contributed by atoms with Crippen LogP contribution >= 0.6 is 0 Å². The summed E-state index contributed by atoms with van der Waals surface area (Å²) in [5.41, 5.74) is 0. The van der Waals surface area contributed by atoms with Crippen molar-refractivity contribution in [2.45, 2.75) is 32.4 Å². The molecule has 13 heavy (non-hydrogen) atoms. The zero-order valence-corrected chi connectivity index (χ0v) is 8.32. The molecule has 1 fully saturated rings. The Morgan fingerprint density at radius 2 is 2.31 bits per heavy atom. The van der Waals surface area contributed by atoms with E-state index in [0.29, 0.717) is 0 Å². The van der Waals surface area contributed by atoms with E-state index >= 15 is 0 Å². The summed E-state index contributed by atoms with van der Waals surface area (Å²) in [6, 6.07) is 0.0111. The van der Waals surface area contributed by atoms with E-state index in [1.54, 1.807) is 7.05 Å². The number of carbonyl (C=O) groups excluding carboxylic acids is 1. The van der Waals surface area contributed by atoms with E-state index in [-0.39, 0.29) is 18.0 Å². The Morgan fingerprint density at radius 1 is 1.69 bits per heavy atom. The number of amides is 1. The molecule has 0 aromatic carbocycles. The van der Waals surface area contributed by atoms with Gasteiger partial charge in [-0.3, -0.25) is 4.79 Å². The highest BCUT2D eigenvalue weighted by Crippen LogP contribution is 2.17. The van der Waals surface area contributed by atoms with Crippen LogP contribution in [-0.4, -0.2) is 41.4 Å². The Hall–Kier alpha value is -1.24. The molecule has 0 saturated carbocycles. The lowest BCUT2D eigenvalue weighted by Crippen LogP contribution is -2.40. The third kappa shape index (κ3) is 1.74. The van der Waals surface area contributed by atoms with Crippen LogP contribution in [0.15, 0.2) is 0 Å². The second-order valence-electron chi connectivity index (χ2n) is 3.64. The van der Waals surface area contributed by atoms with E-state index in [9.17, 15) is 4.79 Å². The standard InChI is InChI=1S/C9H15N3O/c1-7(2)12-5-4-8(9(12)13)11(3)6-10/h7-8H,4-5H2,1-3H3. The molecule has 1 rings (SSSR count). The molecule has 0 N–H and O–H groups in total. The lowest BCUT2D eigenvalue weighted by Gasteiger charge is -2.22. The van der Waals surface area contributed by atoms with Gasteiger partial charge in [-0.05, 0) is 20.3 Å². The monoisotopic (exact) mass is 181 g/mol. The second kappa shape index (κ2) is 3.65. The number of nitriles is 1. The van der Waals surface area contributed by atoms with Gasteiger partial charge in [-0.1, -0.05) is 0 Å². The predicted molar refractivity (Wildman–Crippen MR) is 48.6 cm³/mol. The van der Waals surface area contributed by atoms with Crippen molar-refractivity contribution >= 4 is 5.91 Å². The molecule has 0 spiro atoms. The summed E-state index contributed by atoms with van der Waals surface area (Å²) in [4.78, 5) is 14.9. The van der Waals surface area contributed by atoms with Gasteiger partial charge in [0.2, 0.25) is 5.91 Å². The smallest absolute Gasteiger partial charge is 0.246 e. The first-order chi connectivity index (χ1) is 6.07. The van der Waals surface area contributed by atoms with E-state index < -0.39 is 0 Å². The maximum absolute atomic E-state index is 11.7. The van der Waals surface area contributed by atoms with Crippen molar-refractivity contribution in [3.8, 4) is 6.19 Å². The molecule has 1 aliphatic rings. The minimum atomic E-state index is -0.229. The summed E-state index contributed by atoms with van der Waals surface area (Å²) in [6.07, 6.45) is 2.75. The molecular weight excluding hydrogens is 166 g/mol. The van der Waals surface area contributed by atoms with Crippen LogP contribution in [-0.2, 0) is 4.79 Å². The lowest BCUT2D eigenvalue weighted by molar-refractivity contribution is -0.132. The molecule has 1 amide bonds. The Kier molecular flexibility index (Phi) is 2.76. The van der Waals surface area contributed by atoms with E-state index in [4.69, 9.17) is 5.26 Å². The summed E-state index contributed by atoms with van der Waals surface area (Å²) in [5.74, 6) is 0.0825. The fourth-order valence-corrected chi connectivity index (χ4v) is 1.63. The summed E-state index contributed by atoms with van der Waals surface area (Å²) in [6.45, 7) is 4.76. The van der Waals surface area contributed by atoms with Crippen molar-refractivity contribution in [2.75, 3.05) is 13.6 Å². The van der Waals surface area contributed by atoms with Crippen LogP contribution in [0.5, 0.6) is 0 Å². The highest BCUT2D eigenvalue weighted by Gasteiger charge is 2.35. The number of likely N-dealkylation sites (tertiary alicyclic amines) is 1. The maximum Gasteiger partial charge on any atom is 0.246 e. The molecule has 0 aromatic rings. The van der Waals surface area contributed by atoms with Crippen LogP contribution in [0, 0.1) is 11.5 Å². The first-order valence-corrected chi connectivity index (χ1v) is 4.51. The number of hydrogen-bond donors (Lipinski definition) is 0. The minimum Gasteiger partial charge on any atom is -0.338 e. The molecule has 1 heterocycles. The van der Waals surface area contributed by atoms with Gasteiger partial charge in [0.25, 0.3) is 0 Å². The van der Waals surface area contributed by atoms with Crippen LogP contribution in [0.2, 0.25) is 0 Å². The summed E-state index contributed by atoms with van der Waals surface area (Å²) >= 11 is 0. The number of rotatable bonds is 2. The first-order valence-electron chi connectivity index (χ1n) is 4.51. The summed E-state index contributed by atoms with van der Waals surface area (Å²) in [5, 5.41) is 8.64. The zero-order valence-electron chi connectivity index (χ0n) is 8.32. The van der Waals surface area contributed by atoms with Gasteiger partial charge in [-0.25, -0.2) is 0 Å². The van der Waals surface area contributed by atoms with Crippen LogP contribution in [0.1, 0.15) is 20.3 Å². The van der Waals surface area contributed by atoms with Gasteiger partial charge < -0.3 is 9.80 Å². The molecule has 4 heteroatoms. The quantitative estimate of drug-likeness (QED) is 0.458. The molecule has 1 saturated heterocycles. The van der Waals surface area contributed by atoms with E-state index in [1.807, 2.05) is 24.9 Å². The molecule has 0 bridgehead atoms. The Labute approximate surface area is 78.7 Å². The lowest BCUT2D eigenvalue weighted by atomic mass is 10.2. The number of carbonyl (C=O) groups is 1. The fraction of sp³-hybridized carbons (Fsp3) is 0.778. The largest absolute Gasteiger partial charge is 0.338 e. The maximum atomic E-state index is 11.7. The number of likely N-dealkylation sites (N-methyl/N-ethyl adjacent to an activating group) is 1. The molecule has 0 aromatic heterocycles. The van der Waals surface area contributed by atoms with Crippen LogP contribution in [0.4, 0.5) is 0 Å². The zero-order chi connectivity index (χ0) is 10.0. The molecule has 1 unspecified atom stereocenters. The van der Waals surface area contributed by atoms with Crippen LogP contribution in [0.3, 0.4) is 0 Å². The first kappa shape index (κ1) is 9.85.